The first-order valence-electron chi connectivity index (χ1n) is 12.1. The fourth-order valence-corrected chi connectivity index (χ4v) is 3.83. The van der Waals surface area contributed by atoms with Crippen molar-refractivity contribution in [3.05, 3.63) is 0 Å². The van der Waals surface area contributed by atoms with Crippen LogP contribution in [0.25, 0.3) is 0 Å². The predicted octanol–water partition coefficient (Wildman–Crippen LogP) is -3.12. The van der Waals surface area contributed by atoms with Gasteiger partial charge in [-0.05, 0) is 12.8 Å². The first-order chi connectivity index (χ1) is 17.4. The highest BCUT2D eigenvalue weighted by atomic mass is 16.7. The average molecular weight is 545 g/mol. The molecular formula is C22H40O15. The molecule has 37 heavy (non-hydrogen) atoms. The summed E-state index contributed by atoms with van der Waals surface area (Å²) >= 11 is 0. The van der Waals surface area contributed by atoms with Crippen LogP contribution in [0.15, 0.2) is 0 Å². The third-order valence-corrected chi connectivity index (χ3v) is 6.01. The third-order valence-electron chi connectivity index (χ3n) is 6.01. The second-order valence-corrected chi connectivity index (χ2v) is 8.94. The molecule has 0 aromatic rings. The summed E-state index contributed by atoms with van der Waals surface area (Å²) < 4.78 is 15.3. The molecule has 0 unspecified atom stereocenters. The van der Waals surface area contributed by atoms with Crippen LogP contribution in [-0.4, -0.2) is 138 Å². The van der Waals surface area contributed by atoms with Gasteiger partial charge < -0.3 is 65.3 Å². The lowest BCUT2D eigenvalue weighted by Gasteiger charge is -2.45. The Morgan fingerprint density at radius 3 is 1.54 bits per heavy atom. The van der Waals surface area contributed by atoms with Gasteiger partial charge in [0.25, 0.3) is 0 Å². The normalized spacial score (nSPS) is 35.9. The van der Waals surface area contributed by atoms with Gasteiger partial charge in [-0.1, -0.05) is 25.7 Å². The van der Waals surface area contributed by atoms with Gasteiger partial charge in [0.2, 0.25) is 0 Å². The van der Waals surface area contributed by atoms with Gasteiger partial charge in [-0.2, -0.15) is 0 Å². The molecule has 218 valence electrons. The summed E-state index contributed by atoms with van der Waals surface area (Å²) in [5.74, 6) is -1.48. The topological polar surface area (TPSA) is 264 Å². The predicted molar refractivity (Wildman–Crippen MR) is 121 cm³/mol. The number of aliphatic hydroxyl groups excluding tert-OH is 8. The largest absolute Gasteiger partial charge is 0.481 e. The fraction of sp³-hybridized carbons (Fsp3) is 0.909. The number of aliphatic carboxylic acids is 2. The summed E-state index contributed by atoms with van der Waals surface area (Å²) in [6.45, 7) is -1.35. The monoisotopic (exact) mass is 544 g/mol. The molecule has 0 aromatic carbocycles. The van der Waals surface area contributed by atoms with Crippen LogP contribution >= 0.6 is 0 Å². The van der Waals surface area contributed by atoms with E-state index in [0.29, 0.717) is 0 Å². The SMILES string of the molecule is O=C(O)CCCCCCCCC(=O)O.OC[C@H]1O[C@H](O[C@H]2[C@H](O)[C@@H](O)[C@H](O)O[C@@H]2CO)[C@H](O)[C@@H](O)[C@@H]1O. The molecular weight excluding hydrogens is 504 g/mol. The Morgan fingerprint density at radius 2 is 1.08 bits per heavy atom. The van der Waals surface area contributed by atoms with Crippen LogP contribution in [-0.2, 0) is 23.8 Å². The van der Waals surface area contributed by atoms with Gasteiger partial charge in [0.15, 0.2) is 12.6 Å². The van der Waals surface area contributed by atoms with Crippen molar-refractivity contribution in [2.75, 3.05) is 13.2 Å². The van der Waals surface area contributed by atoms with Crippen molar-refractivity contribution in [3.63, 3.8) is 0 Å². The summed E-state index contributed by atoms with van der Waals surface area (Å²) in [4.78, 5) is 20.3. The van der Waals surface area contributed by atoms with Crippen LogP contribution in [0.1, 0.15) is 51.4 Å². The molecule has 2 aliphatic heterocycles. The van der Waals surface area contributed by atoms with Crippen LogP contribution in [0.4, 0.5) is 0 Å². The minimum absolute atomic E-state index is 0.245. The van der Waals surface area contributed by atoms with Crippen molar-refractivity contribution >= 4 is 11.9 Å². The molecule has 0 spiro atoms. The molecule has 2 heterocycles. The fourth-order valence-electron chi connectivity index (χ4n) is 3.83. The van der Waals surface area contributed by atoms with E-state index in [1.54, 1.807) is 0 Å². The number of hydrogen-bond acceptors (Lipinski definition) is 13. The highest BCUT2D eigenvalue weighted by Crippen LogP contribution is 2.28. The number of rotatable bonds is 13. The van der Waals surface area contributed by atoms with Gasteiger partial charge in [-0.25, -0.2) is 0 Å². The minimum atomic E-state index is -1.74. The average Bonchev–Trinajstić information content (AvgIpc) is 2.85. The van der Waals surface area contributed by atoms with Gasteiger partial charge in [0.1, 0.15) is 48.8 Å². The van der Waals surface area contributed by atoms with Crippen molar-refractivity contribution < 1.29 is 74.9 Å². The molecule has 15 nitrogen and oxygen atoms in total. The highest BCUT2D eigenvalue weighted by molar-refractivity contribution is 5.66. The van der Waals surface area contributed by atoms with Crippen molar-refractivity contribution in [2.45, 2.75) is 113 Å². The van der Waals surface area contributed by atoms with Gasteiger partial charge in [-0.15, -0.1) is 0 Å². The van der Waals surface area contributed by atoms with Crippen molar-refractivity contribution in [1.82, 2.24) is 0 Å². The number of aliphatic hydroxyl groups is 8. The van der Waals surface area contributed by atoms with E-state index in [1.165, 1.54) is 0 Å². The summed E-state index contributed by atoms with van der Waals surface area (Å²) in [7, 11) is 0. The standard InChI is InChI=1S/C12H22O11.C10H18O4/c13-1-3-5(15)6(16)9(19)12(22-3)23-10-4(2-14)21-11(20)8(18)7(10)17;11-9(12)7-5-3-1-2-4-6-8-10(13)14/h3-20H,1-2H2;1-8H2,(H,11,12)(H,13,14)/t3-,4-,5-,6+,7-,8-,9-,10-,11-,12-;/m1./s1. The summed E-state index contributed by atoms with van der Waals surface area (Å²) in [5, 5.41) is 93.2. The molecule has 10 atom stereocenters. The third kappa shape index (κ3) is 11.0. The number of carboxylic acid groups (broad SMARTS) is 2. The zero-order valence-electron chi connectivity index (χ0n) is 20.4. The Balaban J connectivity index is 0.000000422. The van der Waals surface area contributed by atoms with E-state index in [0.717, 1.165) is 38.5 Å². The van der Waals surface area contributed by atoms with Gasteiger partial charge >= 0.3 is 11.9 Å². The Morgan fingerprint density at radius 1 is 0.595 bits per heavy atom. The van der Waals surface area contributed by atoms with Crippen LogP contribution in [0, 0.1) is 0 Å². The first-order valence-corrected chi connectivity index (χ1v) is 12.1. The minimum Gasteiger partial charge on any atom is -0.481 e. The molecule has 0 amide bonds. The van der Waals surface area contributed by atoms with Gasteiger partial charge in [0.05, 0.1) is 13.2 Å². The maximum Gasteiger partial charge on any atom is 0.303 e. The van der Waals surface area contributed by atoms with E-state index >= 15 is 0 Å². The number of ether oxygens (including phenoxy) is 3. The molecule has 0 saturated carbocycles. The summed E-state index contributed by atoms with van der Waals surface area (Å²) in [6, 6.07) is 0. The number of carboxylic acids is 2. The Hall–Kier alpha value is -1.50. The second-order valence-electron chi connectivity index (χ2n) is 8.94. The van der Waals surface area contributed by atoms with Crippen LogP contribution in [0.3, 0.4) is 0 Å². The Bertz CT molecular complexity index is 640. The molecule has 0 bridgehead atoms. The summed E-state index contributed by atoms with van der Waals surface area (Å²) in [6.07, 6.45) is -9.75. The van der Waals surface area contributed by atoms with E-state index in [9.17, 15) is 45.3 Å². The van der Waals surface area contributed by atoms with Crippen LogP contribution < -0.4 is 0 Å². The molecule has 2 fully saturated rings. The maximum atomic E-state index is 10.1. The Labute approximate surface area is 213 Å². The van der Waals surface area contributed by atoms with Crippen molar-refractivity contribution in [3.8, 4) is 0 Å². The van der Waals surface area contributed by atoms with Crippen molar-refractivity contribution in [1.29, 1.82) is 0 Å². The smallest absolute Gasteiger partial charge is 0.303 e. The van der Waals surface area contributed by atoms with E-state index in [1.807, 2.05) is 0 Å². The molecule has 2 rings (SSSR count). The maximum absolute atomic E-state index is 10.1. The van der Waals surface area contributed by atoms with E-state index in [4.69, 9.17) is 29.5 Å². The van der Waals surface area contributed by atoms with E-state index < -0.39 is 86.6 Å². The molecule has 10 N–H and O–H groups in total. The van der Waals surface area contributed by atoms with Crippen LogP contribution in [0.2, 0.25) is 0 Å². The van der Waals surface area contributed by atoms with Crippen LogP contribution in [0.5, 0.6) is 0 Å². The molecule has 15 heteroatoms. The number of unbranched alkanes of at least 4 members (excludes halogenated alkanes) is 5. The second kappa shape index (κ2) is 17.2. The lowest BCUT2D eigenvalue weighted by atomic mass is 9.97. The van der Waals surface area contributed by atoms with Gasteiger partial charge in [-0.3, -0.25) is 9.59 Å². The molecule has 0 aliphatic carbocycles. The van der Waals surface area contributed by atoms with E-state index in [-0.39, 0.29) is 12.8 Å². The van der Waals surface area contributed by atoms with Crippen molar-refractivity contribution in [2.24, 2.45) is 0 Å². The molecule has 0 radical (unpaired) electrons. The number of hydrogen-bond donors (Lipinski definition) is 10. The van der Waals surface area contributed by atoms with Gasteiger partial charge in [0, 0.05) is 12.8 Å². The first kappa shape index (κ1) is 33.5. The molecule has 2 saturated heterocycles. The quantitative estimate of drug-likeness (QED) is 0.103. The molecule has 0 aromatic heterocycles. The summed E-state index contributed by atoms with van der Waals surface area (Å²) in [5.41, 5.74) is 0. The zero-order chi connectivity index (χ0) is 28.1. The molecule has 2 aliphatic rings. The number of carbonyl (C=O) groups is 2. The Kier molecular flexibility index (Phi) is 15.5. The zero-order valence-corrected chi connectivity index (χ0v) is 20.4. The highest BCUT2D eigenvalue weighted by Gasteiger charge is 2.50. The van der Waals surface area contributed by atoms with E-state index in [2.05, 4.69) is 0 Å². The lowest BCUT2D eigenvalue weighted by Crippen LogP contribution is -2.64. The lowest BCUT2D eigenvalue weighted by molar-refractivity contribution is -0.355.